The van der Waals surface area contributed by atoms with Crippen LogP contribution in [0.3, 0.4) is 0 Å². The lowest BCUT2D eigenvalue weighted by molar-refractivity contribution is -0.119. The molecule has 1 aliphatic heterocycles. The fraction of sp³-hybridized carbons (Fsp3) is 0.200. The summed E-state index contributed by atoms with van der Waals surface area (Å²) in [5, 5.41) is 11.5. The van der Waals surface area contributed by atoms with E-state index in [9.17, 15) is 4.79 Å². The highest BCUT2D eigenvalue weighted by Gasteiger charge is 2.19. The summed E-state index contributed by atoms with van der Waals surface area (Å²) in [5.74, 6) is 0.736. The van der Waals surface area contributed by atoms with Crippen molar-refractivity contribution in [2.45, 2.75) is 18.9 Å². The van der Waals surface area contributed by atoms with E-state index in [0.29, 0.717) is 23.8 Å². The lowest BCUT2D eigenvalue weighted by atomic mass is 10.1. The molecule has 1 unspecified atom stereocenters. The molecule has 7 nitrogen and oxygen atoms in total. The van der Waals surface area contributed by atoms with Crippen LogP contribution in [0.4, 0.5) is 11.5 Å². The van der Waals surface area contributed by atoms with Crippen LogP contribution >= 0.6 is 11.6 Å². The van der Waals surface area contributed by atoms with Crippen LogP contribution in [0.5, 0.6) is 0 Å². The normalized spacial score (nSPS) is 15.9. The van der Waals surface area contributed by atoms with Crippen molar-refractivity contribution in [1.29, 1.82) is 0 Å². The van der Waals surface area contributed by atoms with Gasteiger partial charge in [0.05, 0.1) is 22.8 Å². The Bertz CT molecular complexity index is 1350. The van der Waals surface area contributed by atoms with E-state index >= 15 is 0 Å². The first-order valence-corrected chi connectivity index (χ1v) is 11.2. The highest BCUT2D eigenvalue weighted by atomic mass is 35.5. The number of hydrogen-bond donors (Lipinski definition) is 2. The summed E-state index contributed by atoms with van der Waals surface area (Å²) >= 11 is 6.74. The van der Waals surface area contributed by atoms with Crippen molar-refractivity contribution >= 4 is 46.3 Å². The second-order valence-corrected chi connectivity index (χ2v) is 8.44. The van der Waals surface area contributed by atoms with Crippen molar-refractivity contribution in [3.05, 3.63) is 71.4 Å². The summed E-state index contributed by atoms with van der Waals surface area (Å²) in [4.78, 5) is 20.4. The molecule has 166 valence electrons. The number of halogens is 1. The molecule has 0 aliphatic carbocycles. The first-order valence-electron chi connectivity index (χ1n) is 10.8. The van der Waals surface area contributed by atoms with Gasteiger partial charge in [-0.2, -0.15) is 5.10 Å². The Morgan fingerprint density at radius 3 is 2.88 bits per heavy atom. The number of carbonyl (C=O) groups excluding carboxylic acids is 1. The van der Waals surface area contributed by atoms with E-state index in [1.165, 1.54) is 0 Å². The Kier molecular flexibility index (Phi) is 5.79. The van der Waals surface area contributed by atoms with E-state index < -0.39 is 0 Å². The zero-order valence-electron chi connectivity index (χ0n) is 18.1. The molecule has 0 spiro atoms. The van der Waals surface area contributed by atoms with Crippen molar-refractivity contribution in [3.63, 3.8) is 0 Å². The topological polar surface area (TPSA) is 84.2 Å². The quantitative estimate of drug-likeness (QED) is 0.409. The smallest absolute Gasteiger partial charge is 0.220 e. The van der Waals surface area contributed by atoms with Gasteiger partial charge in [-0.15, -0.1) is 0 Å². The molecule has 1 amide bonds. The van der Waals surface area contributed by atoms with Crippen molar-refractivity contribution < 1.29 is 4.79 Å². The number of nitrogens with one attached hydrogen (secondary N) is 2. The van der Waals surface area contributed by atoms with Crippen LogP contribution in [0.1, 0.15) is 18.4 Å². The van der Waals surface area contributed by atoms with Crippen LogP contribution < -0.4 is 10.6 Å². The molecule has 3 heterocycles. The molecule has 2 aromatic carbocycles. The molecule has 1 fully saturated rings. The average Bonchev–Trinajstić information content (AvgIpc) is 3.38. The Morgan fingerprint density at radius 2 is 2.09 bits per heavy atom. The van der Waals surface area contributed by atoms with Crippen molar-refractivity contribution in [3.8, 4) is 11.1 Å². The molecule has 0 bridgehead atoms. The number of fused-ring (bicyclic) bond motifs is 1. The Hall–Kier alpha value is -3.71. The minimum atomic E-state index is 0.0996. The minimum absolute atomic E-state index is 0.0996. The van der Waals surface area contributed by atoms with Gasteiger partial charge in [0.1, 0.15) is 5.52 Å². The van der Waals surface area contributed by atoms with Gasteiger partial charge >= 0.3 is 0 Å². The molecule has 2 aromatic heterocycles. The zero-order valence-corrected chi connectivity index (χ0v) is 18.9. The molecule has 8 heteroatoms. The molecule has 1 saturated heterocycles. The number of aryl methyl sites for hydroxylation is 1. The van der Waals surface area contributed by atoms with E-state index in [2.05, 4.69) is 25.7 Å². The Morgan fingerprint density at radius 1 is 1.24 bits per heavy atom. The number of carbonyl (C=O) groups is 1. The van der Waals surface area contributed by atoms with Crippen LogP contribution in [-0.2, 0) is 11.8 Å². The van der Waals surface area contributed by atoms with Gasteiger partial charge in [-0.3, -0.25) is 14.5 Å². The van der Waals surface area contributed by atoms with Crippen molar-refractivity contribution in [2.24, 2.45) is 12.0 Å². The number of aromatic nitrogens is 3. The van der Waals surface area contributed by atoms with Crippen LogP contribution in [-0.4, -0.2) is 39.5 Å². The van der Waals surface area contributed by atoms with Gasteiger partial charge in [0, 0.05) is 43.0 Å². The molecule has 4 aromatic rings. The van der Waals surface area contributed by atoms with E-state index in [1.807, 2.05) is 61.6 Å². The molecule has 2 N–H and O–H groups in total. The number of rotatable bonds is 6. The first kappa shape index (κ1) is 21.2. The third-order valence-electron chi connectivity index (χ3n) is 5.70. The van der Waals surface area contributed by atoms with Gasteiger partial charge in [0.15, 0.2) is 5.82 Å². The number of pyridine rings is 1. The fourth-order valence-electron chi connectivity index (χ4n) is 4.00. The maximum Gasteiger partial charge on any atom is 0.220 e. The van der Waals surface area contributed by atoms with Gasteiger partial charge in [-0.25, -0.2) is 4.98 Å². The number of nitrogens with zero attached hydrogens (tertiary/aromatic N) is 4. The molecular weight excluding hydrogens is 436 g/mol. The van der Waals surface area contributed by atoms with E-state index in [4.69, 9.17) is 11.6 Å². The summed E-state index contributed by atoms with van der Waals surface area (Å²) in [6.07, 6.45) is 4.97. The second kappa shape index (κ2) is 9.03. The molecule has 33 heavy (non-hydrogen) atoms. The lowest BCUT2D eigenvalue weighted by Crippen LogP contribution is -2.27. The predicted octanol–water partition coefficient (Wildman–Crippen LogP) is 4.73. The third-order valence-corrected chi connectivity index (χ3v) is 6.11. The van der Waals surface area contributed by atoms with Gasteiger partial charge in [0.25, 0.3) is 0 Å². The van der Waals surface area contributed by atoms with Gasteiger partial charge in [-0.1, -0.05) is 54.1 Å². The summed E-state index contributed by atoms with van der Waals surface area (Å²) in [6, 6.07) is 18.1. The Balaban J connectivity index is 1.38. The fourth-order valence-corrected chi connectivity index (χ4v) is 4.28. The van der Waals surface area contributed by atoms with E-state index in [1.54, 1.807) is 17.1 Å². The molecule has 1 aliphatic rings. The van der Waals surface area contributed by atoms with Crippen LogP contribution in [0, 0.1) is 0 Å². The number of aliphatic imine (C=N–C) groups is 1. The molecule has 0 radical (unpaired) electrons. The lowest BCUT2D eigenvalue weighted by Gasteiger charge is -2.10. The average molecular weight is 459 g/mol. The highest BCUT2D eigenvalue weighted by molar-refractivity contribution is 6.36. The van der Waals surface area contributed by atoms with Gasteiger partial charge < -0.3 is 10.6 Å². The molecule has 5 rings (SSSR count). The van der Waals surface area contributed by atoms with E-state index in [0.717, 1.165) is 39.8 Å². The summed E-state index contributed by atoms with van der Waals surface area (Å²) in [6.45, 7) is 0.568. The van der Waals surface area contributed by atoms with Crippen molar-refractivity contribution in [2.75, 3.05) is 11.9 Å². The third kappa shape index (κ3) is 4.45. The minimum Gasteiger partial charge on any atom is -0.351 e. The largest absolute Gasteiger partial charge is 0.351 e. The number of amides is 1. The number of anilines is 2. The summed E-state index contributed by atoms with van der Waals surface area (Å²) in [5.41, 5.74) is 5.28. The number of hydrogen-bond acceptors (Lipinski definition) is 5. The summed E-state index contributed by atoms with van der Waals surface area (Å²) in [7, 11) is 1.88. The van der Waals surface area contributed by atoms with Crippen LogP contribution in [0.25, 0.3) is 22.2 Å². The molecule has 1 atom stereocenters. The standard InChI is InChI=1S/C25H23ClN6O/c1-32-21-12-16(13-27-15-18-10-11-22(33)29-18)14-28-24(21)25(31-32)30-20-9-5-8-19(23(20)26)17-6-3-2-4-7-17/h2-9,12-14,18H,10-11,15H2,1H3,(H,29,33)(H,30,31). The van der Waals surface area contributed by atoms with Gasteiger partial charge in [-0.05, 0) is 24.1 Å². The van der Waals surface area contributed by atoms with Gasteiger partial charge in [0.2, 0.25) is 5.91 Å². The van der Waals surface area contributed by atoms with E-state index in [-0.39, 0.29) is 11.9 Å². The Labute approximate surface area is 196 Å². The van der Waals surface area contributed by atoms with Crippen LogP contribution in [0.2, 0.25) is 5.02 Å². The van der Waals surface area contributed by atoms with Crippen molar-refractivity contribution in [1.82, 2.24) is 20.1 Å². The zero-order chi connectivity index (χ0) is 22.8. The number of benzene rings is 2. The highest BCUT2D eigenvalue weighted by Crippen LogP contribution is 2.36. The SMILES string of the molecule is Cn1nc(Nc2cccc(-c3ccccc3)c2Cl)c2ncc(C=NCC3CCC(=O)N3)cc21. The van der Waals surface area contributed by atoms with Crippen LogP contribution in [0.15, 0.2) is 65.8 Å². The monoisotopic (exact) mass is 458 g/mol. The summed E-state index contributed by atoms with van der Waals surface area (Å²) < 4.78 is 1.79. The maximum atomic E-state index is 11.3. The molecule has 0 saturated carbocycles. The first-order chi connectivity index (χ1) is 16.1. The molecular formula is C25H23ClN6O. The second-order valence-electron chi connectivity index (χ2n) is 8.06. The predicted molar refractivity (Wildman–Crippen MR) is 132 cm³/mol. The maximum absolute atomic E-state index is 11.3.